The minimum absolute atomic E-state index is 0.217. The average molecular weight is 279 g/mol. The standard InChI is InChI=1S/C10H17N9O/c1-3-20-10-15-8(14-9(16-10)17-11)12-5-4-7-13-6-19(2)18-7/h6H,3-5,11H2,1-2H3,(H2,12,14,15,16,17). The SMILES string of the molecule is CCOc1nc(NN)nc(NCCc2ncn(C)n2)n1. The summed E-state index contributed by atoms with van der Waals surface area (Å²) in [5.41, 5.74) is 2.37. The molecule has 20 heavy (non-hydrogen) atoms. The third kappa shape index (κ3) is 3.75. The highest BCUT2D eigenvalue weighted by atomic mass is 16.5. The fraction of sp³-hybridized carbons (Fsp3) is 0.500. The Morgan fingerprint density at radius 3 is 2.75 bits per heavy atom. The predicted octanol–water partition coefficient (Wildman–Crippen LogP) is -0.661. The number of rotatable bonds is 7. The Morgan fingerprint density at radius 2 is 2.10 bits per heavy atom. The van der Waals surface area contributed by atoms with E-state index >= 15 is 0 Å². The normalized spacial score (nSPS) is 10.3. The zero-order valence-corrected chi connectivity index (χ0v) is 11.4. The molecule has 0 saturated heterocycles. The predicted molar refractivity (Wildman–Crippen MR) is 72.0 cm³/mol. The molecule has 0 unspecified atom stereocenters. The van der Waals surface area contributed by atoms with Crippen LogP contribution in [0.2, 0.25) is 0 Å². The van der Waals surface area contributed by atoms with Gasteiger partial charge in [0.15, 0.2) is 5.82 Å². The van der Waals surface area contributed by atoms with Crippen LogP contribution in [0.1, 0.15) is 12.7 Å². The molecule has 2 aromatic heterocycles. The summed E-state index contributed by atoms with van der Waals surface area (Å²) in [6.07, 6.45) is 2.31. The van der Waals surface area contributed by atoms with Crippen LogP contribution in [0.15, 0.2) is 6.33 Å². The summed E-state index contributed by atoms with van der Waals surface area (Å²) >= 11 is 0. The van der Waals surface area contributed by atoms with Crippen molar-refractivity contribution in [3.63, 3.8) is 0 Å². The van der Waals surface area contributed by atoms with Gasteiger partial charge < -0.3 is 10.1 Å². The van der Waals surface area contributed by atoms with Crippen LogP contribution in [-0.2, 0) is 13.5 Å². The monoisotopic (exact) mass is 279 g/mol. The van der Waals surface area contributed by atoms with Crippen molar-refractivity contribution in [3.05, 3.63) is 12.2 Å². The van der Waals surface area contributed by atoms with Gasteiger partial charge in [0.1, 0.15) is 6.33 Å². The van der Waals surface area contributed by atoms with E-state index in [0.29, 0.717) is 25.5 Å². The van der Waals surface area contributed by atoms with Gasteiger partial charge in [0, 0.05) is 20.0 Å². The summed E-state index contributed by atoms with van der Waals surface area (Å²) in [4.78, 5) is 16.3. The number of anilines is 2. The molecule has 108 valence electrons. The molecule has 0 aliphatic rings. The van der Waals surface area contributed by atoms with E-state index in [-0.39, 0.29) is 12.0 Å². The zero-order chi connectivity index (χ0) is 14.4. The van der Waals surface area contributed by atoms with E-state index in [1.165, 1.54) is 0 Å². The number of nitrogens with two attached hydrogens (primary N) is 1. The Bertz CT molecular complexity index is 555. The lowest BCUT2D eigenvalue weighted by Crippen LogP contribution is -2.15. The first-order valence-electron chi connectivity index (χ1n) is 6.15. The first-order valence-corrected chi connectivity index (χ1v) is 6.15. The average Bonchev–Trinajstić information content (AvgIpc) is 2.84. The van der Waals surface area contributed by atoms with Crippen molar-refractivity contribution in [2.24, 2.45) is 12.9 Å². The quantitative estimate of drug-likeness (QED) is 0.446. The van der Waals surface area contributed by atoms with Gasteiger partial charge in [-0.2, -0.15) is 20.1 Å². The molecule has 0 amide bonds. The van der Waals surface area contributed by atoms with Gasteiger partial charge >= 0.3 is 6.01 Å². The molecule has 10 heteroatoms. The van der Waals surface area contributed by atoms with Gasteiger partial charge in [-0.3, -0.25) is 10.1 Å². The molecular weight excluding hydrogens is 262 g/mol. The van der Waals surface area contributed by atoms with Crippen molar-refractivity contribution >= 4 is 11.9 Å². The highest BCUT2D eigenvalue weighted by Crippen LogP contribution is 2.10. The molecule has 10 nitrogen and oxygen atoms in total. The lowest BCUT2D eigenvalue weighted by Gasteiger charge is -2.07. The Labute approximate surface area is 115 Å². The maximum absolute atomic E-state index is 5.30. The number of aryl methyl sites for hydroxylation is 1. The van der Waals surface area contributed by atoms with Crippen LogP contribution >= 0.6 is 0 Å². The number of hydrogen-bond donors (Lipinski definition) is 3. The van der Waals surface area contributed by atoms with Crippen molar-refractivity contribution in [2.75, 3.05) is 23.9 Å². The van der Waals surface area contributed by atoms with Gasteiger partial charge in [0.2, 0.25) is 11.9 Å². The van der Waals surface area contributed by atoms with Crippen LogP contribution < -0.4 is 21.3 Å². The van der Waals surface area contributed by atoms with E-state index in [1.807, 2.05) is 14.0 Å². The molecule has 2 rings (SSSR count). The van der Waals surface area contributed by atoms with Gasteiger partial charge in [-0.15, -0.1) is 0 Å². The molecule has 0 radical (unpaired) electrons. The molecule has 0 spiro atoms. The van der Waals surface area contributed by atoms with Gasteiger partial charge in [-0.05, 0) is 6.92 Å². The molecule has 0 bridgehead atoms. The summed E-state index contributed by atoms with van der Waals surface area (Å²) in [6.45, 7) is 2.90. The first-order chi connectivity index (χ1) is 9.71. The fourth-order valence-electron chi connectivity index (χ4n) is 1.48. The Balaban J connectivity index is 1.95. The summed E-state index contributed by atoms with van der Waals surface area (Å²) in [6, 6.07) is 0.217. The van der Waals surface area contributed by atoms with E-state index in [1.54, 1.807) is 11.0 Å². The zero-order valence-electron chi connectivity index (χ0n) is 11.4. The second-order valence-corrected chi connectivity index (χ2v) is 3.85. The van der Waals surface area contributed by atoms with E-state index in [9.17, 15) is 0 Å². The lowest BCUT2D eigenvalue weighted by molar-refractivity contribution is 0.312. The number of nitrogens with zero attached hydrogens (tertiary/aromatic N) is 6. The van der Waals surface area contributed by atoms with Crippen molar-refractivity contribution < 1.29 is 4.74 Å². The van der Waals surface area contributed by atoms with Crippen LogP contribution in [0, 0.1) is 0 Å². The largest absolute Gasteiger partial charge is 0.464 e. The summed E-state index contributed by atoms with van der Waals surface area (Å²) in [5, 5.41) is 7.23. The van der Waals surface area contributed by atoms with Gasteiger partial charge in [-0.1, -0.05) is 0 Å². The Morgan fingerprint density at radius 1 is 1.30 bits per heavy atom. The van der Waals surface area contributed by atoms with Crippen LogP contribution in [0.25, 0.3) is 0 Å². The molecule has 0 aliphatic carbocycles. The number of nitrogen functional groups attached to an aromatic ring is 1. The highest BCUT2D eigenvalue weighted by Gasteiger charge is 2.06. The Kier molecular flexibility index (Phi) is 4.60. The Hall–Kier alpha value is -2.49. The first kappa shape index (κ1) is 13.9. The molecule has 2 heterocycles. The second kappa shape index (κ2) is 6.61. The van der Waals surface area contributed by atoms with E-state index in [2.05, 4.69) is 35.8 Å². The topological polar surface area (TPSA) is 129 Å². The summed E-state index contributed by atoms with van der Waals surface area (Å²) in [5.74, 6) is 6.66. The number of hydrogen-bond acceptors (Lipinski definition) is 9. The lowest BCUT2D eigenvalue weighted by atomic mass is 10.4. The van der Waals surface area contributed by atoms with Gasteiger partial charge in [-0.25, -0.2) is 10.8 Å². The molecule has 0 atom stereocenters. The van der Waals surface area contributed by atoms with Gasteiger partial charge in [0.05, 0.1) is 6.61 Å². The van der Waals surface area contributed by atoms with Crippen molar-refractivity contribution in [3.8, 4) is 6.01 Å². The second-order valence-electron chi connectivity index (χ2n) is 3.85. The third-order valence-electron chi connectivity index (χ3n) is 2.30. The van der Waals surface area contributed by atoms with Crippen LogP contribution in [-0.4, -0.2) is 42.9 Å². The number of ether oxygens (including phenoxy) is 1. The smallest absolute Gasteiger partial charge is 0.323 e. The van der Waals surface area contributed by atoms with Crippen molar-refractivity contribution in [2.45, 2.75) is 13.3 Å². The fourth-order valence-corrected chi connectivity index (χ4v) is 1.48. The maximum Gasteiger partial charge on any atom is 0.323 e. The van der Waals surface area contributed by atoms with E-state index < -0.39 is 0 Å². The van der Waals surface area contributed by atoms with E-state index in [0.717, 1.165) is 5.82 Å². The van der Waals surface area contributed by atoms with Crippen LogP contribution in [0.4, 0.5) is 11.9 Å². The molecule has 0 fully saturated rings. The third-order valence-corrected chi connectivity index (χ3v) is 2.30. The molecular formula is C10H17N9O. The van der Waals surface area contributed by atoms with E-state index in [4.69, 9.17) is 10.6 Å². The molecule has 0 aliphatic heterocycles. The molecule has 0 aromatic carbocycles. The summed E-state index contributed by atoms with van der Waals surface area (Å²) in [7, 11) is 1.82. The number of nitrogens with one attached hydrogen (secondary N) is 2. The highest BCUT2D eigenvalue weighted by molar-refractivity contribution is 5.34. The minimum atomic E-state index is 0.217. The maximum atomic E-state index is 5.30. The molecule has 4 N–H and O–H groups in total. The molecule has 2 aromatic rings. The van der Waals surface area contributed by atoms with Gasteiger partial charge in [0.25, 0.3) is 0 Å². The van der Waals surface area contributed by atoms with Crippen LogP contribution in [0.3, 0.4) is 0 Å². The minimum Gasteiger partial charge on any atom is -0.464 e. The number of aromatic nitrogens is 6. The molecule has 0 saturated carbocycles. The van der Waals surface area contributed by atoms with Crippen LogP contribution in [0.5, 0.6) is 6.01 Å². The van der Waals surface area contributed by atoms with Crippen molar-refractivity contribution in [1.29, 1.82) is 0 Å². The van der Waals surface area contributed by atoms with Crippen molar-refractivity contribution in [1.82, 2.24) is 29.7 Å². The summed E-state index contributed by atoms with van der Waals surface area (Å²) < 4.78 is 6.89. The number of hydrazine groups is 1.